The molecule has 2 aromatic rings. The third-order valence-electron chi connectivity index (χ3n) is 3.68. The van der Waals surface area contributed by atoms with Gasteiger partial charge >= 0.3 is 0 Å². The fourth-order valence-corrected chi connectivity index (χ4v) is 2.90. The number of hydrogen-bond acceptors (Lipinski definition) is 3. The van der Waals surface area contributed by atoms with Gasteiger partial charge in [0.25, 0.3) is 5.56 Å². The summed E-state index contributed by atoms with van der Waals surface area (Å²) in [5.74, 6) is -0.158. The van der Waals surface area contributed by atoms with Gasteiger partial charge in [0.1, 0.15) is 0 Å². The van der Waals surface area contributed by atoms with E-state index < -0.39 is 0 Å². The minimum atomic E-state index is -0.262. The first-order valence-corrected chi connectivity index (χ1v) is 8.50. The predicted molar refractivity (Wildman–Crippen MR) is 98.3 cm³/mol. The van der Waals surface area contributed by atoms with Gasteiger partial charge in [-0.3, -0.25) is 14.6 Å². The van der Waals surface area contributed by atoms with Crippen LogP contribution in [0.1, 0.15) is 36.2 Å². The van der Waals surface area contributed by atoms with E-state index in [0.29, 0.717) is 27.7 Å². The van der Waals surface area contributed by atoms with E-state index in [-0.39, 0.29) is 28.7 Å². The molecule has 1 atom stereocenters. The van der Waals surface area contributed by atoms with Gasteiger partial charge in [-0.1, -0.05) is 29.3 Å². The molecule has 1 amide bonds. The maximum atomic E-state index is 12.1. The second-order valence-corrected chi connectivity index (χ2v) is 6.70. The van der Waals surface area contributed by atoms with Crippen molar-refractivity contribution in [2.24, 2.45) is 0 Å². The normalized spacial score (nSPS) is 12.0. The highest BCUT2D eigenvalue weighted by Gasteiger charge is 2.13. The summed E-state index contributed by atoms with van der Waals surface area (Å²) in [5, 5.41) is 3.79. The molecular weight excluding hydrogens is 369 g/mol. The van der Waals surface area contributed by atoms with Crippen LogP contribution in [0.5, 0.6) is 0 Å². The Morgan fingerprint density at radius 1 is 1.29 bits per heavy atom. The van der Waals surface area contributed by atoms with Crippen LogP contribution in [0.3, 0.4) is 0 Å². The van der Waals surface area contributed by atoms with Crippen molar-refractivity contribution in [3.8, 4) is 0 Å². The average Bonchev–Trinajstić information content (AvgIpc) is 2.48. The lowest BCUT2D eigenvalue weighted by molar-refractivity contribution is -0.121. The van der Waals surface area contributed by atoms with Crippen LogP contribution in [0, 0.1) is 11.7 Å². The largest absolute Gasteiger partial charge is 0.350 e. The Hall–Kier alpha value is -1.63. The molecule has 8 heteroatoms. The number of halogens is 2. The summed E-state index contributed by atoms with van der Waals surface area (Å²) in [7, 11) is 0. The molecule has 0 aliphatic carbocycles. The highest BCUT2D eigenvalue weighted by Crippen LogP contribution is 2.25. The monoisotopic (exact) mass is 385 g/mol. The van der Waals surface area contributed by atoms with Gasteiger partial charge in [0, 0.05) is 17.7 Å². The van der Waals surface area contributed by atoms with Crippen molar-refractivity contribution in [2.75, 3.05) is 0 Å². The Labute approximate surface area is 154 Å². The van der Waals surface area contributed by atoms with Gasteiger partial charge < -0.3 is 10.3 Å². The Bertz CT molecular complexity index is 876. The van der Waals surface area contributed by atoms with E-state index >= 15 is 0 Å². The molecule has 2 rings (SSSR count). The maximum absolute atomic E-state index is 12.1. The number of aryl methyl sites for hydroxylation is 1. The van der Waals surface area contributed by atoms with Gasteiger partial charge in [-0.05, 0) is 50.2 Å². The van der Waals surface area contributed by atoms with Crippen molar-refractivity contribution in [1.29, 1.82) is 0 Å². The highest BCUT2D eigenvalue weighted by molar-refractivity contribution is 7.71. The van der Waals surface area contributed by atoms with Gasteiger partial charge in [-0.15, -0.1) is 0 Å². The van der Waals surface area contributed by atoms with Crippen LogP contribution in [0.15, 0.2) is 23.0 Å². The van der Waals surface area contributed by atoms with Crippen molar-refractivity contribution in [3.05, 3.63) is 60.2 Å². The lowest BCUT2D eigenvalue weighted by Gasteiger charge is -2.15. The molecule has 0 saturated heterocycles. The van der Waals surface area contributed by atoms with Crippen LogP contribution in [-0.4, -0.2) is 15.9 Å². The first kappa shape index (κ1) is 18.7. The Balaban J connectivity index is 1.99. The molecule has 0 saturated carbocycles. The summed E-state index contributed by atoms with van der Waals surface area (Å²) >= 11 is 16.8. The molecule has 0 spiro atoms. The summed E-state index contributed by atoms with van der Waals surface area (Å²) in [6.45, 7) is 3.62. The zero-order valence-corrected chi connectivity index (χ0v) is 15.5. The maximum Gasteiger partial charge on any atom is 0.255 e. The minimum Gasteiger partial charge on any atom is -0.350 e. The highest BCUT2D eigenvalue weighted by atomic mass is 35.5. The first-order chi connectivity index (χ1) is 11.3. The molecule has 0 aliphatic heterocycles. The molecule has 5 nitrogen and oxygen atoms in total. The van der Waals surface area contributed by atoms with Gasteiger partial charge in [-0.2, -0.15) is 0 Å². The number of hydrogen-bond donors (Lipinski definition) is 3. The second kappa shape index (κ2) is 7.96. The van der Waals surface area contributed by atoms with Crippen molar-refractivity contribution >= 4 is 41.3 Å². The zero-order chi connectivity index (χ0) is 17.9. The molecule has 0 unspecified atom stereocenters. The SMILES string of the molecule is Cc1[nH]c(=S)[nH]c(=O)c1CCC(=O)N[C@@H](C)c1ccc(Cl)c(Cl)c1. The predicted octanol–water partition coefficient (Wildman–Crippen LogP) is 3.86. The number of carbonyl (C=O) groups is 1. The van der Waals surface area contributed by atoms with Crippen LogP contribution in [0.4, 0.5) is 0 Å². The summed E-state index contributed by atoms with van der Waals surface area (Å²) in [5.41, 5.74) is 1.80. The molecular formula is C16H17Cl2N3O2S. The van der Waals surface area contributed by atoms with Gasteiger partial charge in [-0.25, -0.2) is 0 Å². The number of H-pyrrole nitrogens is 2. The average molecular weight is 386 g/mol. The van der Waals surface area contributed by atoms with Crippen LogP contribution in [-0.2, 0) is 11.2 Å². The van der Waals surface area contributed by atoms with Crippen LogP contribution in [0.2, 0.25) is 10.0 Å². The minimum absolute atomic E-state index is 0.158. The molecule has 128 valence electrons. The van der Waals surface area contributed by atoms with E-state index in [2.05, 4.69) is 15.3 Å². The number of amides is 1. The number of rotatable bonds is 5. The van der Waals surface area contributed by atoms with E-state index in [1.165, 1.54) is 0 Å². The molecule has 24 heavy (non-hydrogen) atoms. The third kappa shape index (κ3) is 4.69. The van der Waals surface area contributed by atoms with E-state index in [0.717, 1.165) is 5.56 Å². The van der Waals surface area contributed by atoms with Crippen molar-refractivity contribution in [1.82, 2.24) is 15.3 Å². The molecule has 0 aliphatic rings. The van der Waals surface area contributed by atoms with E-state index in [9.17, 15) is 9.59 Å². The lowest BCUT2D eigenvalue weighted by Crippen LogP contribution is -2.28. The smallest absolute Gasteiger partial charge is 0.255 e. The van der Waals surface area contributed by atoms with Gasteiger partial charge in [0.2, 0.25) is 5.91 Å². The summed E-state index contributed by atoms with van der Waals surface area (Å²) < 4.78 is 0.277. The molecule has 0 radical (unpaired) electrons. The van der Waals surface area contributed by atoms with Crippen molar-refractivity contribution in [2.45, 2.75) is 32.7 Å². The number of aromatic amines is 2. The quantitative estimate of drug-likeness (QED) is 0.683. The van der Waals surface area contributed by atoms with Crippen LogP contribution < -0.4 is 10.9 Å². The first-order valence-electron chi connectivity index (χ1n) is 7.34. The standard InChI is InChI=1S/C16H17Cl2N3O2S/c1-8(10-3-5-12(17)13(18)7-10)19-14(22)6-4-11-9(2)20-16(24)21-15(11)23/h3,5,7-8H,4,6H2,1-2H3,(H,19,22)(H2,20,21,23,24)/t8-/m0/s1. The number of nitrogens with one attached hydrogen (secondary N) is 3. The third-order valence-corrected chi connectivity index (χ3v) is 4.62. The molecule has 1 heterocycles. The Morgan fingerprint density at radius 2 is 2.00 bits per heavy atom. The summed E-state index contributed by atoms with van der Waals surface area (Å²) in [6, 6.07) is 5.01. The number of carbonyl (C=O) groups excluding carboxylic acids is 1. The van der Waals surface area contributed by atoms with Gasteiger partial charge in [0.15, 0.2) is 4.77 Å². The second-order valence-electron chi connectivity index (χ2n) is 5.47. The van der Waals surface area contributed by atoms with Crippen molar-refractivity contribution < 1.29 is 4.79 Å². The van der Waals surface area contributed by atoms with E-state index in [4.69, 9.17) is 35.4 Å². The number of aromatic nitrogens is 2. The van der Waals surface area contributed by atoms with E-state index in [1.807, 2.05) is 13.0 Å². The van der Waals surface area contributed by atoms with Crippen LogP contribution in [0.25, 0.3) is 0 Å². The Morgan fingerprint density at radius 3 is 2.62 bits per heavy atom. The molecule has 0 bridgehead atoms. The van der Waals surface area contributed by atoms with Crippen molar-refractivity contribution in [3.63, 3.8) is 0 Å². The van der Waals surface area contributed by atoms with Crippen LogP contribution >= 0.6 is 35.4 Å². The molecule has 1 aromatic heterocycles. The summed E-state index contributed by atoms with van der Waals surface area (Å²) in [4.78, 5) is 29.4. The zero-order valence-electron chi connectivity index (χ0n) is 13.2. The summed E-state index contributed by atoms with van der Waals surface area (Å²) in [6.07, 6.45) is 0.521. The number of benzene rings is 1. The molecule has 1 aromatic carbocycles. The fourth-order valence-electron chi connectivity index (χ4n) is 2.34. The van der Waals surface area contributed by atoms with Gasteiger partial charge in [0.05, 0.1) is 16.1 Å². The topological polar surface area (TPSA) is 77.8 Å². The Kier molecular flexibility index (Phi) is 6.21. The fraction of sp³-hybridized carbons (Fsp3) is 0.312. The van der Waals surface area contributed by atoms with E-state index in [1.54, 1.807) is 19.1 Å². The molecule has 3 N–H and O–H groups in total. The lowest BCUT2D eigenvalue weighted by atomic mass is 10.1. The molecule has 0 fully saturated rings.